The van der Waals surface area contributed by atoms with Gasteiger partial charge in [0.05, 0.1) is 5.25 Å². The van der Waals surface area contributed by atoms with Crippen LogP contribution in [0.4, 0.5) is 8.78 Å². The smallest absolute Gasteiger partial charge is 0.223 e. The fourth-order valence-electron chi connectivity index (χ4n) is 1.65. The Morgan fingerprint density at radius 1 is 1.22 bits per heavy atom. The third-order valence-electron chi connectivity index (χ3n) is 3.04. The summed E-state index contributed by atoms with van der Waals surface area (Å²) in [5, 5.41) is -0.574. The minimum atomic E-state index is -3.44. The summed E-state index contributed by atoms with van der Waals surface area (Å²) in [6.45, 7) is 3.10. The number of nitrogens with zero attached hydrogens (tertiary/aromatic N) is 1. The summed E-state index contributed by atoms with van der Waals surface area (Å²) in [5.41, 5.74) is 0.474. The Morgan fingerprint density at radius 2 is 1.96 bits per heavy atom. The Morgan fingerprint density at radius 3 is 2.61 bits per heavy atom. The number of sulfonamides is 1. The molecule has 0 saturated carbocycles. The number of rotatable bonds is 6. The van der Waals surface area contributed by atoms with Crippen LogP contribution in [0, 0.1) is 11.6 Å². The van der Waals surface area contributed by atoms with E-state index >= 15 is 0 Å². The van der Waals surface area contributed by atoms with Gasteiger partial charge < -0.3 is 4.74 Å². The van der Waals surface area contributed by atoms with E-state index < -0.39 is 26.9 Å². The fraction of sp³-hybridized carbons (Fsp3) is 0.267. The van der Waals surface area contributed by atoms with Crippen LogP contribution in [0.15, 0.2) is 36.5 Å². The maximum atomic E-state index is 13.2. The second-order valence-corrected chi connectivity index (χ2v) is 7.38. The fourth-order valence-corrected chi connectivity index (χ4v) is 2.34. The van der Waals surface area contributed by atoms with E-state index in [1.54, 1.807) is 26.0 Å². The third kappa shape index (κ3) is 4.46. The molecule has 1 aromatic carbocycles. The first-order chi connectivity index (χ1) is 10.8. The zero-order valence-corrected chi connectivity index (χ0v) is 13.4. The first-order valence-electron chi connectivity index (χ1n) is 6.85. The zero-order valence-electron chi connectivity index (χ0n) is 12.6. The van der Waals surface area contributed by atoms with Gasteiger partial charge in [-0.05, 0) is 32.0 Å². The van der Waals surface area contributed by atoms with Crippen LogP contribution in [-0.4, -0.2) is 18.7 Å². The second kappa shape index (κ2) is 7.01. The maximum absolute atomic E-state index is 13.2. The SMILES string of the molecule is CC(C)S(=O)(=O)NCc1cccnc1Oc1ccc(F)c(F)c1. The Balaban J connectivity index is 2.19. The van der Waals surface area contributed by atoms with Gasteiger partial charge in [0.25, 0.3) is 0 Å². The van der Waals surface area contributed by atoms with Gasteiger partial charge in [0, 0.05) is 24.4 Å². The molecule has 5 nitrogen and oxygen atoms in total. The van der Waals surface area contributed by atoms with Gasteiger partial charge in [-0.2, -0.15) is 0 Å². The summed E-state index contributed by atoms with van der Waals surface area (Å²) in [6, 6.07) is 6.35. The van der Waals surface area contributed by atoms with Crippen molar-refractivity contribution in [3.05, 3.63) is 53.7 Å². The van der Waals surface area contributed by atoms with E-state index in [1.807, 2.05) is 0 Å². The van der Waals surface area contributed by atoms with Gasteiger partial charge in [0.1, 0.15) is 5.75 Å². The summed E-state index contributed by atoms with van der Waals surface area (Å²) in [7, 11) is -3.44. The van der Waals surface area contributed by atoms with Crippen molar-refractivity contribution in [3.8, 4) is 11.6 Å². The lowest BCUT2D eigenvalue weighted by Gasteiger charge is -2.12. The van der Waals surface area contributed by atoms with Gasteiger partial charge in [0.2, 0.25) is 15.9 Å². The van der Waals surface area contributed by atoms with Crippen LogP contribution in [0.1, 0.15) is 19.4 Å². The van der Waals surface area contributed by atoms with Crippen LogP contribution in [-0.2, 0) is 16.6 Å². The highest BCUT2D eigenvalue weighted by atomic mass is 32.2. The van der Waals surface area contributed by atoms with Crippen molar-refractivity contribution < 1.29 is 21.9 Å². The molecule has 1 aromatic heterocycles. The molecule has 23 heavy (non-hydrogen) atoms. The summed E-state index contributed by atoms with van der Waals surface area (Å²) >= 11 is 0. The Labute approximate surface area is 133 Å². The molecule has 0 aliphatic carbocycles. The van der Waals surface area contributed by atoms with Crippen LogP contribution < -0.4 is 9.46 Å². The molecule has 0 spiro atoms. The number of ether oxygens (including phenoxy) is 1. The average Bonchev–Trinajstić information content (AvgIpc) is 2.50. The average molecular weight is 342 g/mol. The van der Waals surface area contributed by atoms with E-state index in [0.29, 0.717) is 5.56 Å². The van der Waals surface area contributed by atoms with Crippen LogP contribution in [0.25, 0.3) is 0 Å². The standard InChI is InChI=1S/C15H16F2N2O3S/c1-10(2)23(20,21)19-9-11-4-3-7-18-15(11)22-12-5-6-13(16)14(17)8-12/h3-8,10,19H,9H2,1-2H3. The highest BCUT2D eigenvalue weighted by Gasteiger charge is 2.16. The molecule has 0 amide bonds. The Hall–Kier alpha value is -2.06. The second-order valence-electron chi connectivity index (χ2n) is 5.06. The van der Waals surface area contributed by atoms with E-state index in [4.69, 9.17) is 4.74 Å². The zero-order chi connectivity index (χ0) is 17.0. The largest absolute Gasteiger partial charge is 0.439 e. The molecule has 0 fully saturated rings. The molecule has 0 atom stereocenters. The number of benzene rings is 1. The Bertz CT molecular complexity index is 795. The molecular weight excluding hydrogens is 326 g/mol. The molecule has 0 radical (unpaired) electrons. The van der Waals surface area contributed by atoms with E-state index in [1.165, 1.54) is 12.3 Å². The first-order valence-corrected chi connectivity index (χ1v) is 8.39. The molecule has 0 unspecified atom stereocenters. The number of aromatic nitrogens is 1. The lowest BCUT2D eigenvalue weighted by molar-refractivity contribution is 0.442. The van der Waals surface area contributed by atoms with Crippen molar-refractivity contribution in [2.75, 3.05) is 0 Å². The number of pyridine rings is 1. The molecule has 0 aliphatic heterocycles. The topological polar surface area (TPSA) is 68.3 Å². The molecule has 0 aliphatic rings. The highest BCUT2D eigenvalue weighted by Crippen LogP contribution is 2.24. The first kappa shape index (κ1) is 17.3. The van der Waals surface area contributed by atoms with Crippen LogP contribution in [0.2, 0.25) is 0 Å². The minimum absolute atomic E-state index is 0.0205. The summed E-state index contributed by atoms with van der Waals surface area (Å²) in [6.07, 6.45) is 1.45. The van der Waals surface area contributed by atoms with Gasteiger partial charge in [0.15, 0.2) is 11.6 Å². The van der Waals surface area contributed by atoms with E-state index in [9.17, 15) is 17.2 Å². The van der Waals surface area contributed by atoms with E-state index in [-0.39, 0.29) is 18.2 Å². The predicted molar refractivity (Wildman–Crippen MR) is 81.6 cm³/mol. The normalized spacial score (nSPS) is 11.7. The van der Waals surface area contributed by atoms with Crippen molar-refractivity contribution in [1.82, 2.24) is 9.71 Å². The molecule has 1 heterocycles. The molecule has 2 aromatic rings. The van der Waals surface area contributed by atoms with Gasteiger partial charge in [-0.3, -0.25) is 0 Å². The monoisotopic (exact) mass is 342 g/mol. The third-order valence-corrected chi connectivity index (χ3v) is 4.83. The molecule has 1 N–H and O–H groups in total. The van der Waals surface area contributed by atoms with E-state index in [2.05, 4.69) is 9.71 Å². The van der Waals surface area contributed by atoms with Crippen molar-refractivity contribution in [2.24, 2.45) is 0 Å². The minimum Gasteiger partial charge on any atom is -0.439 e. The molecular formula is C15H16F2N2O3S. The quantitative estimate of drug-likeness (QED) is 0.876. The van der Waals surface area contributed by atoms with Gasteiger partial charge in [-0.1, -0.05) is 6.07 Å². The molecule has 0 bridgehead atoms. The van der Waals surface area contributed by atoms with Gasteiger partial charge in [-0.25, -0.2) is 26.9 Å². The Kier molecular flexibility index (Phi) is 5.27. The van der Waals surface area contributed by atoms with Gasteiger partial charge in [-0.15, -0.1) is 0 Å². The van der Waals surface area contributed by atoms with Crippen LogP contribution >= 0.6 is 0 Å². The lowest BCUT2D eigenvalue weighted by Crippen LogP contribution is -2.30. The molecule has 124 valence electrons. The summed E-state index contributed by atoms with van der Waals surface area (Å²) in [5.74, 6) is -1.84. The van der Waals surface area contributed by atoms with Gasteiger partial charge >= 0.3 is 0 Å². The number of hydrogen-bond acceptors (Lipinski definition) is 4. The maximum Gasteiger partial charge on any atom is 0.223 e. The van der Waals surface area contributed by atoms with E-state index in [0.717, 1.165) is 12.1 Å². The molecule has 8 heteroatoms. The van der Waals surface area contributed by atoms with Crippen LogP contribution in [0.3, 0.4) is 0 Å². The molecule has 0 saturated heterocycles. The summed E-state index contributed by atoms with van der Waals surface area (Å²) < 4.78 is 57.6. The van der Waals surface area contributed by atoms with Crippen molar-refractivity contribution >= 4 is 10.0 Å². The predicted octanol–water partition coefficient (Wildman–Crippen LogP) is 2.98. The summed E-state index contributed by atoms with van der Waals surface area (Å²) in [4.78, 5) is 4.00. The highest BCUT2D eigenvalue weighted by molar-refractivity contribution is 7.90. The van der Waals surface area contributed by atoms with Crippen molar-refractivity contribution in [2.45, 2.75) is 25.6 Å². The van der Waals surface area contributed by atoms with Crippen molar-refractivity contribution in [3.63, 3.8) is 0 Å². The number of halogens is 2. The lowest BCUT2D eigenvalue weighted by atomic mass is 10.2. The number of nitrogens with one attached hydrogen (secondary N) is 1. The molecule has 2 rings (SSSR count). The van der Waals surface area contributed by atoms with Crippen molar-refractivity contribution in [1.29, 1.82) is 0 Å². The number of hydrogen-bond donors (Lipinski definition) is 1. The van der Waals surface area contributed by atoms with Crippen LogP contribution in [0.5, 0.6) is 11.6 Å².